The van der Waals surface area contributed by atoms with Gasteiger partial charge in [0, 0.05) is 42.6 Å². The van der Waals surface area contributed by atoms with Gasteiger partial charge in [0.25, 0.3) is 5.91 Å². The first-order valence-electron chi connectivity index (χ1n) is 9.26. The molecule has 0 unspecified atom stereocenters. The lowest BCUT2D eigenvalue weighted by Gasteiger charge is -2.24. The van der Waals surface area contributed by atoms with Crippen molar-refractivity contribution >= 4 is 23.1 Å². The van der Waals surface area contributed by atoms with Crippen LogP contribution in [-0.4, -0.2) is 42.0 Å². The summed E-state index contributed by atoms with van der Waals surface area (Å²) in [5.41, 5.74) is 2.82. The molecule has 1 aliphatic heterocycles. The topological polar surface area (TPSA) is 60.2 Å². The van der Waals surface area contributed by atoms with E-state index in [4.69, 9.17) is 0 Å². The molecule has 1 aliphatic carbocycles. The van der Waals surface area contributed by atoms with E-state index in [-0.39, 0.29) is 5.91 Å². The second-order valence-corrected chi connectivity index (χ2v) is 7.84. The molecule has 0 radical (unpaired) electrons. The van der Waals surface area contributed by atoms with Crippen molar-refractivity contribution in [2.24, 2.45) is 0 Å². The summed E-state index contributed by atoms with van der Waals surface area (Å²) in [7, 11) is 0. The van der Waals surface area contributed by atoms with Crippen molar-refractivity contribution < 1.29 is 4.79 Å². The second kappa shape index (κ2) is 7.46. The highest BCUT2D eigenvalue weighted by Crippen LogP contribution is 2.31. The molecule has 0 bridgehead atoms. The molecule has 5 nitrogen and oxygen atoms in total. The van der Waals surface area contributed by atoms with Crippen LogP contribution in [0.3, 0.4) is 0 Å². The quantitative estimate of drug-likeness (QED) is 0.819. The number of aryl methyl sites for hydroxylation is 1. The zero-order valence-corrected chi connectivity index (χ0v) is 15.6. The van der Waals surface area contributed by atoms with Crippen LogP contribution >= 0.6 is 11.3 Å². The van der Waals surface area contributed by atoms with Gasteiger partial charge in [0.05, 0.1) is 11.1 Å². The number of anilines is 1. The summed E-state index contributed by atoms with van der Waals surface area (Å²) in [5.74, 6) is 0.907. The Kier molecular flexibility index (Phi) is 4.89. The molecule has 2 aromatic heterocycles. The van der Waals surface area contributed by atoms with E-state index >= 15 is 0 Å². The molecule has 2 aliphatic rings. The highest BCUT2D eigenvalue weighted by atomic mass is 32.1. The summed E-state index contributed by atoms with van der Waals surface area (Å²) in [5, 5.41) is 11.4. The first-order chi connectivity index (χ1) is 12.8. The minimum atomic E-state index is 0.174. The number of carbonyl (C=O) groups excluding carboxylic acids is 1. The predicted molar refractivity (Wildman–Crippen MR) is 103 cm³/mol. The van der Waals surface area contributed by atoms with Gasteiger partial charge in [-0.15, -0.1) is 11.3 Å². The smallest absolute Gasteiger partial charge is 0.255 e. The Morgan fingerprint density at radius 2 is 2.04 bits per heavy atom. The summed E-state index contributed by atoms with van der Waals surface area (Å²) < 4.78 is 0. The average Bonchev–Trinajstić information content (AvgIpc) is 2.97. The summed E-state index contributed by atoms with van der Waals surface area (Å²) in [4.78, 5) is 23.0. The van der Waals surface area contributed by atoms with Crippen LogP contribution in [0.25, 0.3) is 0 Å². The van der Waals surface area contributed by atoms with Crippen LogP contribution < -0.4 is 4.90 Å². The van der Waals surface area contributed by atoms with Gasteiger partial charge in [0.15, 0.2) is 0 Å². The van der Waals surface area contributed by atoms with Gasteiger partial charge in [-0.05, 0) is 49.8 Å². The van der Waals surface area contributed by atoms with Crippen LogP contribution in [0.1, 0.15) is 45.6 Å². The number of thiophene rings is 1. The summed E-state index contributed by atoms with van der Waals surface area (Å²) >= 11 is 1.75. The molecule has 4 rings (SSSR count). The van der Waals surface area contributed by atoms with E-state index in [9.17, 15) is 10.1 Å². The maximum absolute atomic E-state index is 13.1. The van der Waals surface area contributed by atoms with Crippen molar-refractivity contribution in [3.8, 4) is 6.07 Å². The zero-order valence-electron chi connectivity index (χ0n) is 14.8. The van der Waals surface area contributed by atoms with Gasteiger partial charge >= 0.3 is 0 Å². The Morgan fingerprint density at radius 1 is 1.15 bits per heavy atom. The summed E-state index contributed by atoms with van der Waals surface area (Å²) in [6.45, 7) is 2.96. The van der Waals surface area contributed by atoms with Crippen LogP contribution in [0.15, 0.2) is 23.7 Å². The van der Waals surface area contributed by atoms with E-state index in [1.807, 2.05) is 4.90 Å². The molecular formula is C20H22N4OS. The molecular weight excluding hydrogens is 344 g/mol. The van der Waals surface area contributed by atoms with Crippen molar-refractivity contribution in [3.05, 3.63) is 45.3 Å². The Balaban J connectivity index is 1.50. The normalized spacial score (nSPS) is 17.3. The van der Waals surface area contributed by atoms with Crippen LogP contribution in [0, 0.1) is 11.3 Å². The van der Waals surface area contributed by atoms with Crippen molar-refractivity contribution in [3.63, 3.8) is 0 Å². The van der Waals surface area contributed by atoms with E-state index < -0.39 is 0 Å². The number of nitrogens with zero attached hydrogens (tertiary/aromatic N) is 4. The van der Waals surface area contributed by atoms with E-state index in [0.29, 0.717) is 18.7 Å². The van der Waals surface area contributed by atoms with Crippen molar-refractivity contribution in [1.82, 2.24) is 9.88 Å². The highest BCUT2D eigenvalue weighted by Gasteiger charge is 2.26. The van der Waals surface area contributed by atoms with Gasteiger partial charge in [-0.1, -0.05) is 0 Å². The second-order valence-electron chi connectivity index (χ2n) is 6.88. The van der Waals surface area contributed by atoms with Gasteiger partial charge in [-0.2, -0.15) is 5.26 Å². The first kappa shape index (κ1) is 17.0. The molecule has 0 N–H and O–H groups in total. The van der Waals surface area contributed by atoms with Crippen LogP contribution in [0.5, 0.6) is 0 Å². The SMILES string of the molecule is N#Cc1cccnc1N1CCCN(C(=O)c2csc3c2CCCC3)CC1. The fourth-order valence-corrected chi connectivity index (χ4v) is 5.03. The van der Waals surface area contributed by atoms with Crippen LogP contribution in [0.2, 0.25) is 0 Å². The number of rotatable bonds is 2. The Morgan fingerprint density at radius 3 is 2.92 bits per heavy atom. The molecule has 0 saturated carbocycles. The molecule has 0 aromatic carbocycles. The van der Waals surface area contributed by atoms with Crippen LogP contribution in [0.4, 0.5) is 5.82 Å². The van der Waals surface area contributed by atoms with Gasteiger partial charge in [-0.3, -0.25) is 4.79 Å². The minimum absolute atomic E-state index is 0.174. The molecule has 1 saturated heterocycles. The molecule has 26 heavy (non-hydrogen) atoms. The van der Waals surface area contributed by atoms with Crippen molar-refractivity contribution in [1.29, 1.82) is 5.26 Å². The fourth-order valence-electron chi connectivity index (χ4n) is 3.91. The number of aromatic nitrogens is 1. The van der Waals surface area contributed by atoms with Crippen LogP contribution in [-0.2, 0) is 12.8 Å². The third-order valence-electron chi connectivity index (χ3n) is 5.28. The van der Waals surface area contributed by atoms with E-state index in [1.165, 1.54) is 23.3 Å². The molecule has 3 heterocycles. The number of nitriles is 1. The molecule has 0 atom stereocenters. The predicted octanol–water partition coefficient (Wildman–Crippen LogP) is 3.25. The number of hydrogen-bond donors (Lipinski definition) is 0. The largest absolute Gasteiger partial charge is 0.354 e. The van der Waals surface area contributed by atoms with Gasteiger partial charge < -0.3 is 9.80 Å². The molecule has 6 heteroatoms. The van der Waals surface area contributed by atoms with E-state index in [0.717, 1.165) is 43.7 Å². The maximum Gasteiger partial charge on any atom is 0.255 e. The lowest BCUT2D eigenvalue weighted by atomic mass is 9.95. The molecule has 134 valence electrons. The monoisotopic (exact) mass is 366 g/mol. The van der Waals surface area contributed by atoms with Crippen molar-refractivity contribution in [2.75, 3.05) is 31.1 Å². The number of amides is 1. The average molecular weight is 366 g/mol. The van der Waals surface area contributed by atoms with Crippen molar-refractivity contribution in [2.45, 2.75) is 32.1 Å². The lowest BCUT2D eigenvalue weighted by molar-refractivity contribution is 0.0766. The molecule has 0 spiro atoms. The number of hydrogen-bond acceptors (Lipinski definition) is 5. The maximum atomic E-state index is 13.1. The molecule has 2 aromatic rings. The fraction of sp³-hybridized carbons (Fsp3) is 0.450. The number of pyridine rings is 1. The van der Waals surface area contributed by atoms with E-state index in [1.54, 1.807) is 29.7 Å². The lowest BCUT2D eigenvalue weighted by Crippen LogP contribution is -2.36. The van der Waals surface area contributed by atoms with E-state index in [2.05, 4.69) is 21.3 Å². The number of carbonyl (C=O) groups is 1. The summed E-state index contributed by atoms with van der Waals surface area (Å²) in [6, 6.07) is 5.81. The van der Waals surface area contributed by atoms with Gasteiger partial charge in [0.1, 0.15) is 11.9 Å². The molecule has 1 amide bonds. The Hall–Kier alpha value is -2.39. The first-order valence-corrected chi connectivity index (χ1v) is 10.1. The zero-order chi connectivity index (χ0) is 17.9. The molecule has 1 fully saturated rings. The third-order valence-corrected chi connectivity index (χ3v) is 6.37. The Labute approximate surface area is 157 Å². The number of fused-ring (bicyclic) bond motifs is 1. The third kappa shape index (κ3) is 3.19. The minimum Gasteiger partial charge on any atom is -0.354 e. The van der Waals surface area contributed by atoms with Gasteiger partial charge in [0.2, 0.25) is 0 Å². The summed E-state index contributed by atoms with van der Waals surface area (Å²) in [6.07, 6.45) is 7.21. The standard InChI is InChI=1S/C20H22N4OS/c21-13-15-5-3-8-22-19(15)23-9-4-10-24(12-11-23)20(25)17-14-26-18-7-2-1-6-16(17)18/h3,5,8,14H,1-2,4,6-7,9-12H2. The highest BCUT2D eigenvalue weighted by molar-refractivity contribution is 7.10. The van der Waals surface area contributed by atoms with Gasteiger partial charge in [-0.25, -0.2) is 4.98 Å². The Bertz CT molecular complexity index is 854.